The summed E-state index contributed by atoms with van der Waals surface area (Å²) >= 11 is 0. The van der Waals surface area contributed by atoms with Gasteiger partial charge in [0.05, 0.1) is 6.42 Å². The first-order valence-corrected chi connectivity index (χ1v) is 11.3. The van der Waals surface area contributed by atoms with Gasteiger partial charge in [-0.1, -0.05) is 50.1 Å². The van der Waals surface area contributed by atoms with Crippen molar-refractivity contribution in [1.82, 2.24) is 10.2 Å². The lowest BCUT2D eigenvalue weighted by molar-refractivity contribution is -0.141. The molecule has 0 aliphatic heterocycles. The Morgan fingerprint density at radius 1 is 1.03 bits per heavy atom. The summed E-state index contributed by atoms with van der Waals surface area (Å²) in [6.07, 6.45) is 5.01. The van der Waals surface area contributed by atoms with Gasteiger partial charge in [0.15, 0.2) is 0 Å². The van der Waals surface area contributed by atoms with Crippen LogP contribution in [0.5, 0.6) is 0 Å². The van der Waals surface area contributed by atoms with Crippen LogP contribution < -0.4 is 5.32 Å². The van der Waals surface area contributed by atoms with Crippen molar-refractivity contribution >= 4 is 11.8 Å². The lowest BCUT2D eigenvalue weighted by Crippen LogP contribution is -2.51. The van der Waals surface area contributed by atoms with Gasteiger partial charge in [0, 0.05) is 12.6 Å². The number of amides is 2. The number of halogens is 1. The number of hydrogen-bond donors (Lipinski definition) is 1. The Bertz CT molecular complexity index is 904. The number of hydrogen-bond acceptors (Lipinski definition) is 2. The second-order valence-corrected chi connectivity index (χ2v) is 8.66. The van der Waals surface area contributed by atoms with Crippen LogP contribution in [0.3, 0.4) is 0 Å². The molecule has 0 radical (unpaired) electrons. The Kier molecular flexibility index (Phi) is 7.83. The van der Waals surface area contributed by atoms with E-state index in [-0.39, 0.29) is 36.6 Å². The van der Waals surface area contributed by atoms with Crippen LogP contribution >= 0.6 is 0 Å². The SMILES string of the molecule is CCC(C(=O)NC1CCCC1)N(Cc1ccc(F)cc1)C(=O)Cc1ccc(C)c(C)c1. The van der Waals surface area contributed by atoms with Crippen LogP contribution in [0, 0.1) is 19.7 Å². The normalized spacial score (nSPS) is 15.0. The number of aryl methyl sites for hydroxylation is 2. The fourth-order valence-electron chi connectivity index (χ4n) is 4.26. The van der Waals surface area contributed by atoms with Crippen LogP contribution in [-0.2, 0) is 22.6 Å². The molecule has 2 aromatic carbocycles. The standard InChI is InChI=1S/C26H33FN2O2/c1-4-24(26(31)28-23-7-5-6-8-23)29(17-20-11-13-22(27)14-12-20)25(30)16-21-10-9-18(2)19(3)15-21/h9-15,23-24H,4-8,16-17H2,1-3H3,(H,28,31). The molecule has 1 unspecified atom stereocenters. The van der Waals surface area contributed by atoms with Gasteiger partial charge in [-0.25, -0.2) is 4.39 Å². The van der Waals surface area contributed by atoms with Gasteiger partial charge in [-0.05, 0) is 67.5 Å². The number of nitrogens with zero attached hydrogens (tertiary/aromatic N) is 1. The monoisotopic (exact) mass is 424 g/mol. The van der Waals surface area contributed by atoms with E-state index in [0.29, 0.717) is 6.42 Å². The van der Waals surface area contributed by atoms with Crippen LogP contribution in [0.15, 0.2) is 42.5 Å². The van der Waals surface area contributed by atoms with Crippen LogP contribution in [-0.4, -0.2) is 28.8 Å². The molecule has 0 heterocycles. The first kappa shape index (κ1) is 23.0. The van der Waals surface area contributed by atoms with Crippen molar-refractivity contribution < 1.29 is 14.0 Å². The molecule has 0 saturated heterocycles. The van der Waals surface area contributed by atoms with Gasteiger partial charge in [0.2, 0.25) is 11.8 Å². The van der Waals surface area contributed by atoms with Crippen molar-refractivity contribution in [3.63, 3.8) is 0 Å². The predicted octanol–water partition coefficient (Wildman–Crippen LogP) is 4.85. The minimum absolute atomic E-state index is 0.0926. The van der Waals surface area contributed by atoms with E-state index < -0.39 is 6.04 Å². The molecule has 1 aliphatic rings. The minimum atomic E-state index is -0.551. The average molecular weight is 425 g/mol. The van der Waals surface area contributed by atoms with Crippen molar-refractivity contribution in [2.45, 2.75) is 77.9 Å². The molecule has 1 atom stereocenters. The Morgan fingerprint density at radius 3 is 2.29 bits per heavy atom. The lowest BCUT2D eigenvalue weighted by atomic mass is 10.0. The maximum absolute atomic E-state index is 13.4. The summed E-state index contributed by atoms with van der Waals surface area (Å²) in [5.74, 6) is -0.506. The highest BCUT2D eigenvalue weighted by Gasteiger charge is 2.30. The second-order valence-electron chi connectivity index (χ2n) is 8.66. The van der Waals surface area contributed by atoms with Crippen LogP contribution in [0.4, 0.5) is 4.39 Å². The molecule has 1 saturated carbocycles. The summed E-state index contributed by atoms with van der Waals surface area (Å²) in [4.78, 5) is 28.2. The van der Waals surface area contributed by atoms with E-state index >= 15 is 0 Å². The number of nitrogens with one attached hydrogen (secondary N) is 1. The van der Waals surface area contributed by atoms with Crippen molar-refractivity contribution in [2.24, 2.45) is 0 Å². The van der Waals surface area contributed by atoms with E-state index in [9.17, 15) is 14.0 Å². The summed E-state index contributed by atoms with van der Waals surface area (Å²) in [5, 5.41) is 3.15. The van der Waals surface area contributed by atoms with Crippen LogP contribution in [0.25, 0.3) is 0 Å². The second kappa shape index (κ2) is 10.6. The quantitative estimate of drug-likeness (QED) is 0.658. The lowest BCUT2D eigenvalue weighted by Gasteiger charge is -2.31. The number of benzene rings is 2. The van der Waals surface area contributed by atoms with Crippen LogP contribution in [0.2, 0.25) is 0 Å². The third kappa shape index (κ3) is 6.16. The smallest absolute Gasteiger partial charge is 0.243 e. The van der Waals surface area contributed by atoms with E-state index in [1.807, 2.05) is 39.0 Å². The van der Waals surface area contributed by atoms with Gasteiger partial charge in [0.25, 0.3) is 0 Å². The molecule has 1 aliphatic carbocycles. The van der Waals surface area contributed by atoms with Gasteiger partial charge < -0.3 is 10.2 Å². The maximum Gasteiger partial charge on any atom is 0.243 e. The summed E-state index contributed by atoms with van der Waals surface area (Å²) < 4.78 is 13.4. The molecular formula is C26H33FN2O2. The summed E-state index contributed by atoms with van der Waals surface area (Å²) in [6.45, 7) is 6.28. The minimum Gasteiger partial charge on any atom is -0.352 e. The molecule has 4 nitrogen and oxygen atoms in total. The summed E-state index contributed by atoms with van der Waals surface area (Å²) in [6, 6.07) is 11.8. The van der Waals surface area contributed by atoms with Crippen molar-refractivity contribution in [3.8, 4) is 0 Å². The zero-order chi connectivity index (χ0) is 22.4. The molecule has 1 N–H and O–H groups in total. The molecule has 0 bridgehead atoms. The molecule has 2 amide bonds. The van der Waals surface area contributed by atoms with Gasteiger partial charge in [-0.15, -0.1) is 0 Å². The summed E-state index contributed by atoms with van der Waals surface area (Å²) in [5.41, 5.74) is 4.06. The van der Waals surface area contributed by atoms with Crippen molar-refractivity contribution in [2.75, 3.05) is 0 Å². The fourth-order valence-corrected chi connectivity index (χ4v) is 4.26. The van der Waals surface area contributed by atoms with Crippen molar-refractivity contribution in [3.05, 3.63) is 70.5 Å². The first-order chi connectivity index (χ1) is 14.9. The summed E-state index contributed by atoms with van der Waals surface area (Å²) in [7, 11) is 0. The number of carbonyl (C=O) groups is 2. The van der Waals surface area contributed by atoms with E-state index in [4.69, 9.17) is 0 Å². The van der Waals surface area contributed by atoms with E-state index in [2.05, 4.69) is 5.32 Å². The first-order valence-electron chi connectivity index (χ1n) is 11.3. The Labute approximate surface area is 184 Å². The van der Waals surface area contributed by atoms with E-state index in [1.165, 1.54) is 17.7 Å². The maximum atomic E-state index is 13.4. The fraction of sp³-hybridized carbons (Fsp3) is 0.462. The Morgan fingerprint density at radius 2 is 1.68 bits per heavy atom. The van der Waals surface area contributed by atoms with E-state index in [0.717, 1.165) is 42.4 Å². The highest BCUT2D eigenvalue weighted by Crippen LogP contribution is 2.20. The third-order valence-corrected chi connectivity index (χ3v) is 6.28. The topological polar surface area (TPSA) is 49.4 Å². The molecule has 166 valence electrons. The van der Waals surface area contributed by atoms with Crippen LogP contribution in [0.1, 0.15) is 61.3 Å². The van der Waals surface area contributed by atoms with Gasteiger partial charge in [-0.3, -0.25) is 9.59 Å². The average Bonchev–Trinajstić information content (AvgIpc) is 3.25. The largest absolute Gasteiger partial charge is 0.352 e. The molecular weight excluding hydrogens is 391 g/mol. The number of carbonyl (C=O) groups excluding carboxylic acids is 2. The van der Waals surface area contributed by atoms with Crippen molar-refractivity contribution in [1.29, 1.82) is 0 Å². The Balaban J connectivity index is 1.82. The third-order valence-electron chi connectivity index (χ3n) is 6.28. The Hall–Kier alpha value is -2.69. The number of rotatable bonds is 8. The van der Waals surface area contributed by atoms with Gasteiger partial charge >= 0.3 is 0 Å². The van der Waals surface area contributed by atoms with Gasteiger partial charge in [0.1, 0.15) is 11.9 Å². The molecule has 31 heavy (non-hydrogen) atoms. The molecule has 5 heteroatoms. The predicted molar refractivity (Wildman–Crippen MR) is 121 cm³/mol. The molecule has 1 fully saturated rings. The zero-order valence-electron chi connectivity index (χ0n) is 18.8. The molecule has 2 aromatic rings. The molecule has 0 aromatic heterocycles. The zero-order valence-corrected chi connectivity index (χ0v) is 18.8. The highest BCUT2D eigenvalue weighted by molar-refractivity contribution is 5.88. The molecule has 0 spiro atoms. The molecule has 3 rings (SSSR count). The van der Waals surface area contributed by atoms with E-state index in [1.54, 1.807) is 17.0 Å². The highest BCUT2D eigenvalue weighted by atomic mass is 19.1. The van der Waals surface area contributed by atoms with Gasteiger partial charge in [-0.2, -0.15) is 0 Å².